The zero-order valence-corrected chi connectivity index (χ0v) is 12.5. The van der Waals surface area contributed by atoms with Gasteiger partial charge in [0, 0.05) is 6.54 Å². The first-order valence-electron chi connectivity index (χ1n) is 8.29. The summed E-state index contributed by atoms with van der Waals surface area (Å²) in [5, 5.41) is 3.17. The second kappa shape index (κ2) is 5.05. The fourth-order valence-corrected chi connectivity index (χ4v) is 4.45. The van der Waals surface area contributed by atoms with Gasteiger partial charge in [-0.2, -0.15) is 0 Å². The maximum atomic E-state index is 13.1. The van der Waals surface area contributed by atoms with Crippen molar-refractivity contribution >= 4 is 11.8 Å². The second-order valence-electron chi connectivity index (χ2n) is 6.79. The minimum absolute atomic E-state index is 0.130. The van der Waals surface area contributed by atoms with E-state index in [0.717, 1.165) is 64.3 Å². The zero-order chi connectivity index (χ0) is 14.2. The molecule has 0 radical (unpaired) electrons. The Labute approximate surface area is 121 Å². The van der Waals surface area contributed by atoms with Crippen molar-refractivity contribution in [2.45, 2.75) is 82.2 Å². The third-order valence-corrected chi connectivity index (χ3v) is 5.53. The van der Waals surface area contributed by atoms with E-state index in [0.29, 0.717) is 0 Å². The highest BCUT2D eigenvalue weighted by atomic mass is 16.2. The van der Waals surface area contributed by atoms with Gasteiger partial charge in [-0.3, -0.25) is 9.59 Å². The van der Waals surface area contributed by atoms with Crippen LogP contribution >= 0.6 is 0 Å². The Hall–Kier alpha value is -1.06. The summed E-state index contributed by atoms with van der Waals surface area (Å²) < 4.78 is 0. The van der Waals surface area contributed by atoms with Crippen LogP contribution in [-0.4, -0.2) is 34.3 Å². The molecule has 0 atom stereocenters. The van der Waals surface area contributed by atoms with Gasteiger partial charge >= 0.3 is 0 Å². The lowest BCUT2D eigenvalue weighted by atomic mass is 9.75. The van der Waals surface area contributed by atoms with Crippen LogP contribution in [0.4, 0.5) is 0 Å². The van der Waals surface area contributed by atoms with Crippen LogP contribution in [0, 0.1) is 0 Å². The Balaban J connectivity index is 1.94. The van der Waals surface area contributed by atoms with Crippen LogP contribution in [0.15, 0.2) is 0 Å². The number of amides is 2. The van der Waals surface area contributed by atoms with Crippen molar-refractivity contribution in [3.63, 3.8) is 0 Å². The lowest BCUT2D eigenvalue weighted by Gasteiger charge is -2.52. The molecule has 3 rings (SSSR count). The van der Waals surface area contributed by atoms with E-state index < -0.39 is 11.1 Å². The fraction of sp³-hybridized carbons (Fsp3) is 0.875. The molecule has 112 valence electrons. The van der Waals surface area contributed by atoms with E-state index in [2.05, 4.69) is 12.2 Å². The van der Waals surface area contributed by atoms with Crippen LogP contribution < -0.4 is 5.32 Å². The molecule has 0 aromatic rings. The number of piperazine rings is 1. The van der Waals surface area contributed by atoms with E-state index in [1.54, 1.807) is 0 Å². The van der Waals surface area contributed by atoms with Crippen molar-refractivity contribution in [2.24, 2.45) is 0 Å². The first-order chi connectivity index (χ1) is 9.65. The van der Waals surface area contributed by atoms with Gasteiger partial charge < -0.3 is 10.2 Å². The molecule has 0 bridgehead atoms. The Morgan fingerprint density at radius 1 is 1.00 bits per heavy atom. The third-order valence-electron chi connectivity index (χ3n) is 5.53. The molecule has 1 aliphatic heterocycles. The number of nitrogens with one attached hydrogen (secondary N) is 1. The normalized spacial score (nSPS) is 28.1. The Morgan fingerprint density at radius 2 is 1.60 bits per heavy atom. The number of rotatable bonds is 2. The van der Waals surface area contributed by atoms with E-state index in [4.69, 9.17) is 0 Å². The van der Waals surface area contributed by atoms with Crippen molar-refractivity contribution < 1.29 is 9.59 Å². The van der Waals surface area contributed by atoms with Crippen molar-refractivity contribution in [2.75, 3.05) is 6.54 Å². The van der Waals surface area contributed by atoms with Crippen LogP contribution in [0.25, 0.3) is 0 Å². The quantitative estimate of drug-likeness (QED) is 0.843. The van der Waals surface area contributed by atoms with Crippen molar-refractivity contribution in [3.8, 4) is 0 Å². The molecule has 4 nitrogen and oxygen atoms in total. The number of nitrogens with zero attached hydrogens (tertiary/aromatic N) is 1. The van der Waals surface area contributed by atoms with Gasteiger partial charge in [0.1, 0.15) is 11.1 Å². The maximum absolute atomic E-state index is 13.1. The van der Waals surface area contributed by atoms with E-state index >= 15 is 0 Å². The summed E-state index contributed by atoms with van der Waals surface area (Å²) in [6.07, 6.45) is 9.70. The molecule has 0 unspecified atom stereocenters. The van der Waals surface area contributed by atoms with Crippen LogP contribution in [0.1, 0.15) is 71.1 Å². The number of hydrogen-bond donors (Lipinski definition) is 1. The maximum Gasteiger partial charge on any atom is 0.249 e. The van der Waals surface area contributed by atoms with Crippen LogP contribution in [0.2, 0.25) is 0 Å². The van der Waals surface area contributed by atoms with Gasteiger partial charge in [0.2, 0.25) is 11.8 Å². The molecule has 4 heteroatoms. The Bertz CT molecular complexity index is 407. The van der Waals surface area contributed by atoms with Gasteiger partial charge in [0.25, 0.3) is 0 Å². The lowest BCUT2D eigenvalue weighted by molar-refractivity contribution is -0.164. The number of hydrogen-bond acceptors (Lipinski definition) is 2. The smallest absolute Gasteiger partial charge is 0.249 e. The predicted octanol–water partition coefficient (Wildman–Crippen LogP) is 2.37. The fourth-order valence-electron chi connectivity index (χ4n) is 4.45. The van der Waals surface area contributed by atoms with Gasteiger partial charge in [-0.25, -0.2) is 0 Å². The topological polar surface area (TPSA) is 49.4 Å². The minimum Gasteiger partial charge on any atom is -0.340 e. The lowest BCUT2D eigenvalue weighted by Crippen LogP contribution is -2.75. The first-order valence-corrected chi connectivity index (χ1v) is 8.29. The van der Waals surface area contributed by atoms with Crippen molar-refractivity contribution in [3.05, 3.63) is 0 Å². The van der Waals surface area contributed by atoms with Crippen LogP contribution in [-0.2, 0) is 9.59 Å². The molecular formula is C16H26N2O2. The largest absolute Gasteiger partial charge is 0.340 e. The monoisotopic (exact) mass is 278 g/mol. The third kappa shape index (κ3) is 1.87. The van der Waals surface area contributed by atoms with Gasteiger partial charge in [0.05, 0.1) is 0 Å². The van der Waals surface area contributed by atoms with Gasteiger partial charge in [-0.05, 0) is 32.1 Å². The summed E-state index contributed by atoms with van der Waals surface area (Å²) in [5.41, 5.74) is -1.09. The van der Waals surface area contributed by atoms with Gasteiger partial charge in [-0.1, -0.05) is 39.0 Å². The highest BCUT2D eigenvalue weighted by molar-refractivity contribution is 6.02. The molecule has 3 fully saturated rings. The molecule has 2 amide bonds. The summed E-state index contributed by atoms with van der Waals surface area (Å²) in [6, 6.07) is 0. The highest BCUT2D eigenvalue weighted by Gasteiger charge is 2.58. The van der Waals surface area contributed by atoms with Crippen LogP contribution in [0.5, 0.6) is 0 Å². The van der Waals surface area contributed by atoms with E-state index in [9.17, 15) is 9.59 Å². The average Bonchev–Trinajstić information content (AvgIpc) is 2.94. The molecule has 0 aromatic heterocycles. The Kier molecular flexibility index (Phi) is 3.51. The van der Waals surface area contributed by atoms with Crippen LogP contribution in [0.3, 0.4) is 0 Å². The standard InChI is InChI=1S/C16H26N2O2/c1-2-12-18-14(20)15(8-4-3-5-9-15)17-13(19)16(18)10-6-7-11-16/h2-12H2,1H3,(H,17,19). The van der Waals surface area contributed by atoms with Gasteiger partial charge in [-0.15, -0.1) is 0 Å². The molecule has 1 N–H and O–H groups in total. The number of carbonyl (C=O) groups is 2. The average molecular weight is 278 g/mol. The van der Waals surface area contributed by atoms with E-state index in [-0.39, 0.29) is 11.8 Å². The van der Waals surface area contributed by atoms with Gasteiger partial charge in [0.15, 0.2) is 0 Å². The van der Waals surface area contributed by atoms with Crippen molar-refractivity contribution in [1.82, 2.24) is 10.2 Å². The Morgan fingerprint density at radius 3 is 2.20 bits per heavy atom. The second-order valence-corrected chi connectivity index (χ2v) is 6.79. The van der Waals surface area contributed by atoms with Crippen molar-refractivity contribution in [1.29, 1.82) is 0 Å². The minimum atomic E-state index is -0.571. The van der Waals surface area contributed by atoms with E-state index in [1.165, 1.54) is 6.42 Å². The molecule has 1 heterocycles. The SMILES string of the molecule is CCCN1C(=O)C2(CCCCC2)NC(=O)C12CCCC2. The first kappa shape index (κ1) is 13.9. The summed E-state index contributed by atoms with van der Waals surface area (Å²) >= 11 is 0. The molecular weight excluding hydrogens is 252 g/mol. The molecule has 0 aromatic carbocycles. The highest BCUT2D eigenvalue weighted by Crippen LogP contribution is 2.43. The molecule has 3 aliphatic rings. The summed E-state index contributed by atoms with van der Waals surface area (Å²) in [6.45, 7) is 2.82. The molecule has 20 heavy (non-hydrogen) atoms. The molecule has 2 spiro atoms. The zero-order valence-electron chi connectivity index (χ0n) is 12.5. The molecule has 1 saturated heterocycles. The number of carbonyl (C=O) groups excluding carboxylic acids is 2. The molecule has 2 saturated carbocycles. The van der Waals surface area contributed by atoms with E-state index in [1.807, 2.05) is 4.90 Å². The summed E-state index contributed by atoms with van der Waals surface area (Å²) in [7, 11) is 0. The summed E-state index contributed by atoms with van der Waals surface area (Å²) in [4.78, 5) is 27.9. The summed E-state index contributed by atoms with van der Waals surface area (Å²) in [5.74, 6) is 0.338. The molecule has 2 aliphatic carbocycles. The predicted molar refractivity (Wildman–Crippen MR) is 77.2 cm³/mol.